The van der Waals surface area contributed by atoms with Crippen molar-refractivity contribution in [2.45, 2.75) is 26.8 Å². The Morgan fingerprint density at radius 3 is 2.45 bits per heavy atom. The molecule has 0 radical (unpaired) electrons. The third-order valence-corrected chi connectivity index (χ3v) is 3.61. The predicted octanol–water partition coefficient (Wildman–Crippen LogP) is 1.41. The molecule has 22 heavy (non-hydrogen) atoms. The van der Waals surface area contributed by atoms with Gasteiger partial charge in [-0.2, -0.15) is 0 Å². The van der Waals surface area contributed by atoms with Gasteiger partial charge in [-0.15, -0.1) is 5.10 Å². The van der Waals surface area contributed by atoms with Crippen LogP contribution in [0.3, 0.4) is 0 Å². The summed E-state index contributed by atoms with van der Waals surface area (Å²) in [5.74, 6) is -2.08. The Kier molecular flexibility index (Phi) is 4.55. The average molecular weight is 302 g/mol. The van der Waals surface area contributed by atoms with E-state index in [1.807, 2.05) is 30.3 Å². The van der Waals surface area contributed by atoms with Crippen LogP contribution in [0, 0.1) is 12.8 Å². The lowest BCUT2D eigenvalue weighted by atomic mass is 10.0. The Morgan fingerprint density at radius 1 is 1.23 bits per heavy atom. The van der Waals surface area contributed by atoms with Crippen molar-refractivity contribution in [3.8, 4) is 5.69 Å². The molecule has 0 fully saturated rings. The molecule has 7 nitrogen and oxygen atoms in total. The summed E-state index contributed by atoms with van der Waals surface area (Å²) in [6.45, 7) is 4.93. The minimum absolute atomic E-state index is 0.188. The van der Waals surface area contributed by atoms with Crippen LogP contribution < -0.4 is 5.32 Å². The molecule has 2 rings (SSSR count). The molecule has 2 N–H and O–H groups in total. The van der Waals surface area contributed by atoms with Gasteiger partial charge >= 0.3 is 5.97 Å². The van der Waals surface area contributed by atoms with Gasteiger partial charge in [0.15, 0.2) is 5.69 Å². The topological polar surface area (TPSA) is 97.1 Å². The van der Waals surface area contributed by atoms with Crippen LogP contribution in [0.4, 0.5) is 0 Å². The highest BCUT2D eigenvalue weighted by atomic mass is 16.4. The van der Waals surface area contributed by atoms with E-state index in [4.69, 9.17) is 5.11 Å². The summed E-state index contributed by atoms with van der Waals surface area (Å²) in [4.78, 5) is 23.2. The van der Waals surface area contributed by atoms with Crippen molar-refractivity contribution < 1.29 is 14.7 Å². The van der Waals surface area contributed by atoms with Crippen LogP contribution in [0.2, 0.25) is 0 Å². The smallest absolute Gasteiger partial charge is 0.308 e. The fourth-order valence-corrected chi connectivity index (χ4v) is 1.97. The maximum atomic E-state index is 12.2. The molecule has 1 amide bonds. The fraction of sp³-hybridized carbons (Fsp3) is 0.333. The molecule has 0 saturated carbocycles. The van der Waals surface area contributed by atoms with Crippen LogP contribution in [-0.2, 0) is 4.79 Å². The standard InChI is InChI=1S/C15H18N4O3/c1-9(15(21)22)10(2)16-14(20)13-11(3)19(18-17-13)12-7-5-4-6-8-12/h4-10H,1-3H3,(H,16,20)(H,21,22). The number of aromatic nitrogens is 3. The van der Waals surface area contributed by atoms with E-state index in [0.717, 1.165) is 5.69 Å². The molecule has 0 bridgehead atoms. The number of carboxylic acids is 1. The second-order valence-electron chi connectivity index (χ2n) is 5.16. The molecule has 1 heterocycles. The van der Waals surface area contributed by atoms with Crippen molar-refractivity contribution in [3.05, 3.63) is 41.7 Å². The zero-order chi connectivity index (χ0) is 16.3. The first kappa shape index (κ1) is 15.7. The Morgan fingerprint density at radius 2 is 1.86 bits per heavy atom. The fourth-order valence-electron chi connectivity index (χ4n) is 1.97. The highest BCUT2D eigenvalue weighted by Gasteiger charge is 2.24. The third kappa shape index (κ3) is 3.13. The van der Waals surface area contributed by atoms with Crippen molar-refractivity contribution in [1.29, 1.82) is 0 Å². The van der Waals surface area contributed by atoms with E-state index in [9.17, 15) is 9.59 Å². The number of nitrogens with one attached hydrogen (secondary N) is 1. The molecule has 116 valence electrons. The summed E-state index contributed by atoms with van der Waals surface area (Å²) in [6.07, 6.45) is 0. The zero-order valence-electron chi connectivity index (χ0n) is 12.6. The van der Waals surface area contributed by atoms with Crippen LogP contribution in [0.15, 0.2) is 30.3 Å². The first-order valence-electron chi connectivity index (χ1n) is 6.93. The number of aliphatic carboxylic acids is 1. The summed E-state index contributed by atoms with van der Waals surface area (Å²) in [5.41, 5.74) is 1.59. The van der Waals surface area contributed by atoms with E-state index in [2.05, 4.69) is 15.6 Å². The highest BCUT2D eigenvalue weighted by Crippen LogP contribution is 2.12. The second-order valence-corrected chi connectivity index (χ2v) is 5.16. The maximum Gasteiger partial charge on any atom is 0.308 e. The lowest BCUT2D eigenvalue weighted by molar-refractivity contribution is -0.141. The van der Waals surface area contributed by atoms with E-state index in [-0.39, 0.29) is 5.69 Å². The van der Waals surface area contributed by atoms with Gasteiger partial charge in [0.2, 0.25) is 0 Å². The lowest BCUT2D eigenvalue weighted by Crippen LogP contribution is -2.40. The molecule has 0 saturated heterocycles. The lowest BCUT2D eigenvalue weighted by Gasteiger charge is -2.17. The number of carbonyl (C=O) groups excluding carboxylic acids is 1. The van der Waals surface area contributed by atoms with Gasteiger partial charge in [0, 0.05) is 6.04 Å². The van der Waals surface area contributed by atoms with Crippen LogP contribution in [0.5, 0.6) is 0 Å². The summed E-state index contributed by atoms with van der Waals surface area (Å²) >= 11 is 0. The minimum atomic E-state index is -0.961. The number of benzene rings is 1. The van der Waals surface area contributed by atoms with Crippen molar-refractivity contribution in [2.24, 2.45) is 5.92 Å². The third-order valence-electron chi connectivity index (χ3n) is 3.61. The van der Waals surface area contributed by atoms with Crippen molar-refractivity contribution in [2.75, 3.05) is 0 Å². The SMILES string of the molecule is Cc1c(C(=O)NC(C)C(C)C(=O)O)nnn1-c1ccccc1. The van der Waals surface area contributed by atoms with Gasteiger partial charge in [0.25, 0.3) is 5.91 Å². The number of carboxylic acid groups (broad SMARTS) is 1. The monoisotopic (exact) mass is 302 g/mol. The summed E-state index contributed by atoms with van der Waals surface area (Å²) in [7, 11) is 0. The van der Waals surface area contributed by atoms with Gasteiger partial charge in [-0.3, -0.25) is 9.59 Å². The molecule has 0 aliphatic carbocycles. The summed E-state index contributed by atoms with van der Waals surface area (Å²) in [6, 6.07) is 8.83. The number of rotatable bonds is 5. The van der Waals surface area contributed by atoms with Gasteiger partial charge in [-0.25, -0.2) is 4.68 Å². The Hall–Kier alpha value is -2.70. The van der Waals surface area contributed by atoms with Gasteiger partial charge in [0.05, 0.1) is 17.3 Å². The van der Waals surface area contributed by atoms with E-state index in [1.54, 1.807) is 25.5 Å². The number of amides is 1. The van der Waals surface area contributed by atoms with E-state index >= 15 is 0 Å². The van der Waals surface area contributed by atoms with E-state index in [1.165, 1.54) is 0 Å². The molecule has 0 spiro atoms. The van der Waals surface area contributed by atoms with E-state index in [0.29, 0.717) is 5.69 Å². The van der Waals surface area contributed by atoms with Crippen molar-refractivity contribution in [1.82, 2.24) is 20.3 Å². The van der Waals surface area contributed by atoms with Gasteiger partial charge in [-0.05, 0) is 32.9 Å². The Labute approximate surface area is 128 Å². The Balaban J connectivity index is 2.19. The Bertz CT molecular complexity index is 681. The molecular weight excluding hydrogens is 284 g/mol. The van der Waals surface area contributed by atoms with Gasteiger partial charge in [-0.1, -0.05) is 23.4 Å². The number of hydrogen-bond donors (Lipinski definition) is 2. The predicted molar refractivity (Wildman–Crippen MR) is 79.8 cm³/mol. The first-order valence-corrected chi connectivity index (χ1v) is 6.93. The molecular formula is C15H18N4O3. The van der Waals surface area contributed by atoms with Crippen molar-refractivity contribution in [3.63, 3.8) is 0 Å². The van der Waals surface area contributed by atoms with Gasteiger partial charge < -0.3 is 10.4 Å². The van der Waals surface area contributed by atoms with E-state index < -0.39 is 23.8 Å². The second kappa shape index (κ2) is 6.38. The molecule has 1 aromatic heterocycles. The normalized spacial score (nSPS) is 13.4. The maximum absolute atomic E-state index is 12.2. The van der Waals surface area contributed by atoms with Crippen LogP contribution >= 0.6 is 0 Å². The largest absolute Gasteiger partial charge is 0.481 e. The number of para-hydroxylation sites is 1. The minimum Gasteiger partial charge on any atom is -0.481 e. The molecule has 7 heteroatoms. The molecule has 0 aliphatic heterocycles. The van der Waals surface area contributed by atoms with Crippen LogP contribution in [0.1, 0.15) is 30.0 Å². The molecule has 0 aliphatic rings. The van der Waals surface area contributed by atoms with Crippen LogP contribution in [-0.4, -0.2) is 38.0 Å². The number of hydrogen-bond acceptors (Lipinski definition) is 4. The molecule has 2 aromatic rings. The van der Waals surface area contributed by atoms with Crippen LogP contribution in [0.25, 0.3) is 5.69 Å². The number of carbonyl (C=O) groups is 2. The first-order chi connectivity index (χ1) is 10.4. The molecule has 2 atom stereocenters. The number of nitrogens with zero attached hydrogens (tertiary/aromatic N) is 3. The molecule has 1 aromatic carbocycles. The molecule has 2 unspecified atom stereocenters. The summed E-state index contributed by atoms with van der Waals surface area (Å²) < 4.78 is 1.57. The quantitative estimate of drug-likeness (QED) is 0.870. The highest BCUT2D eigenvalue weighted by molar-refractivity contribution is 5.93. The van der Waals surface area contributed by atoms with Gasteiger partial charge in [0.1, 0.15) is 0 Å². The summed E-state index contributed by atoms with van der Waals surface area (Å²) in [5, 5.41) is 19.5. The zero-order valence-corrected chi connectivity index (χ0v) is 12.6. The average Bonchev–Trinajstić information content (AvgIpc) is 2.88. The van der Waals surface area contributed by atoms with Crippen molar-refractivity contribution >= 4 is 11.9 Å².